The second-order valence-corrected chi connectivity index (χ2v) is 4.21. The Kier molecular flexibility index (Phi) is 4.24. The van der Waals surface area contributed by atoms with E-state index in [1.165, 1.54) is 0 Å². The molecule has 1 unspecified atom stereocenters. The monoisotopic (exact) mass is 201 g/mol. The lowest BCUT2D eigenvalue weighted by atomic mass is 10.3. The van der Waals surface area contributed by atoms with Crippen LogP contribution in [0.25, 0.3) is 0 Å². The summed E-state index contributed by atoms with van der Waals surface area (Å²) in [5.41, 5.74) is 0. The number of aryl methyl sites for hydroxylation is 1. The van der Waals surface area contributed by atoms with Crippen molar-refractivity contribution in [3.63, 3.8) is 0 Å². The summed E-state index contributed by atoms with van der Waals surface area (Å²) in [6.45, 7) is 3.03. The molecule has 5 heteroatoms. The van der Waals surface area contributed by atoms with Crippen molar-refractivity contribution in [1.82, 2.24) is 14.8 Å². The van der Waals surface area contributed by atoms with E-state index < -0.39 is 0 Å². The van der Waals surface area contributed by atoms with Crippen LogP contribution in [-0.4, -0.2) is 31.4 Å². The van der Waals surface area contributed by atoms with Crippen molar-refractivity contribution in [1.29, 1.82) is 0 Å². The predicted octanol–water partition coefficient (Wildman–Crippen LogP) is 0.912. The van der Waals surface area contributed by atoms with Gasteiger partial charge < -0.3 is 9.67 Å². The zero-order valence-corrected chi connectivity index (χ0v) is 8.79. The first-order valence-corrected chi connectivity index (χ1v) is 5.57. The summed E-state index contributed by atoms with van der Waals surface area (Å²) in [6, 6.07) is 0. The molecule has 13 heavy (non-hydrogen) atoms. The SMILES string of the molecule is CSC(C)CCn1cnnc1CO. The van der Waals surface area contributed by atoms with Gasteiger partial charge >= 0.3 is 0 Å². The Morgan fingerprint density at radius 2 is 2.46 bits per heavy atom. The molecule has 1 heterocycles. The van der Waals surface area contributed by atoms with Gasteiger partial charge in [0, 0.05) is 11.8 Å². The lowest BCUT2D eigenvalue weighted by Crippen LogP contribution is -2.07. The summed E-state index contributed by atoms with van der Waals surface area (Å²) in [7, 11) is 0. The highest BCUT2D eigenvalue weighted by atomic mass is 32.2. The highest BCUT2D eigenvalue weighted by Gasteiger charge is 2.04. The van der Waals surface area contributed by atoms with E-state index >= 15 is 0 Å². The molecule has 0 fully saturated rings. The van der Waals surface area contributed by atoms with E-state index in [9.17, 15) is 0 Å². The molecule has 1 aromatic rings. The van der Waals surface area contributed by atoms with Crippen molar-refractivity contribution < 1.29 is 5.11 Å². The Labute approximate surface area is 82.4 Å². The van der Waals surface area contributed by atoms with E-state index in [-0.39, 0.29) is 6.61 Å². The Morgan fingerprint density at radius 3 is 3.08 bits per heavy atom. The molecular weight excluding hydrogens is 186 g/mol. The summed E-state index contributed by atoms with van der Waals surface area (Å²) in [5, 5.41) is 17.1. The number of nitrogens with zero attached hydrogens (tertiary/aromatic N) is 3. The minimum atomic E-state index is -0.0341. The van der Waals surface area contributed by atoms with Gasteiger partial charge in [0.15, 0.2) is 5.82 Å². The third-order valence-corrected chi connectivity index (χ3v) is 3.06. The molecule has 0 amide bonds. The molecule has 1 atom stereocenters. The largest absolute Gasteiger partial charge is 0.388 e. The zero-order chi connectivity index (χ0) is 9.68. The van der Waals surface area contributed by atoms with Crippen molar-refractivity contribution in [3.05, 3.63) is 12.2 Å². The molecule has 1 rings (SSSR count). The topological polar surface area (TPSA) is 50.9 Å². The van der Waals surface area contributed by atoms with Crippen LogP contribution in [0.1, 0.15) is 19.2 Å². The van der Waals surface area contributed by atoms with E-state index in [4.69, 9.17) is 5.11 Å². The predicted molar refractivity (Wildman–Crippen MR) is 53.5 cm³/mol. The maximum Gasteiger partial charge on any atom is 0.158 e. The van der Waals surface area contributed by atoms with E-state index in [2.05, 4.69) is 23.4 Å². The zero-order valence-electron chi connectivity index (χ0n) is 7.97. The minimum absolute atomic E-state index is 0.0341. The lowest BCUT2D eigenvalue weighted by molar-refractivity contribution is 0.264. The van der Waals surface area contributed by atoms with Gasteiger partial charge in [0.05, 0.1) is 0 Å². The molecule has 0 saturated carbocycles. The standard InChI is InChI=1S/C8H15N3OS/c1-7(13-2)3-4-11-6-9-10-8(11)5-12/h6-7,12H,3-5H2,1-2H3. The van der Waals surface area contributed by atoms with Crippen LogP contribution in [-0.2, 0) is 13.2 Å². The van der Waals surface area contributed by atoms with E-state index in [0.29, 0.717) is 11.1 Å². The third kappa shape index (κ3) is 3.00. The molecule has 4 nitrogen and oxygen atoms in total. The van der Waals surface area contributed by atoms with Gasteiger partial charge in [-0.3, -0.25) is 0 Å². The van der Waals surface area contributed by atoms with Crippen molar-refractivity contribution in [2.45, 2.75) is 31.7 Å². The van der Waals surface area contributed by atoms with Crippen LogP contribution in [0.3, 0.4) is 0 Å². The summed E-state index contributed by atoms with van der Waals surface area (Å²) >= 11 is 1.84. The normalized spacial score (nSPS) is 13.2. The van der Waals surface area contributed by atoms with E-state index in [1.807, 2.05) is 16.3 Å². The lowest BCUT2D eigenvalue weighted by Gasteiger charge is -2.08. The number of aliphatic hydroxyl groups is 1. The van der Waals surface area contributed by atoms with Gasteiger partial charge in [0.25, 0.3) is 0 Å². The van der Waals surface area contributed by atoms with Crippen LogP contribution in [0.5, 0.6) is 0 Å². The fraction of sp³-hybridized carbons (Fsp3) is 0.750. The Morgan fingerprint density at radius 1 is 1.69 bits per heavy atom. The van der Waals surface area contributed by atoms with Gasteiger partial charge in [-0.1, -0.05) is 6.92 Å². The van der Waals surface area contributed by atoms with Crippen molar-refractivity contribution in [3.8, 4) is 0 Å². The number of aromatic nitrogens is 3. The first-order valence-electron chi connectivity index (χ1n) is 4.28. The quantitative estimate of drug-likeness (QED) is 0.769. The molecule has 0 aliphatic carbocycles. The maximum atomic E-state index is 8.90. The highest BCUT2D eigenvalue weighted by molar-refractivity contribution is 7.99. The molecule has 0 aliphatic heterocycles. The summed E-state index contributed by atoms with van der Waals surface area (Å²) in [4.78, 5) is 0. The molecule has 0 bridgehead atoms. The van der Waals surface area contributed by atoms with Crippen molar-refractivity contribution >= 4 is 11.8 Å². The van der Waals surface area contributed by atoms with Crippen LogP contribution < -0.4 is 0 Å². The van der Waals surface area contributed by atoms with Crippen LogP contribution in [0, 0.1) is 0 Å². The van der Waals surface area contributed by atoms with Crippen LogP contribution in [0.15, 0.2) is 6.33 Å². The van der Waals surface area contributed by atoms with Gasteiger partial charge in [0.1, 0.15) is 12.9 Å². The molecule has 0 saturated heterocycles. The average molecular weight is 201 g/mol. The third-order valence-electron chi connectivity index (χ3n) is 2.02. The van der Waals surface area contributed by atoms with Gasteiger partial charge in [-0.25, -0.2) is 0 Å². The van der Waals surface area contributed by atoms with Gasteiger partial charge in [-0.15, -0.1) is 10.2 Å². The van der Waals surface area contributed by atoms with Crippen LogP contribution in [0.2, 0.25) is 0 Å². The molecule has 0 aromatic carbocycles. The van der Waals surface area contributed by atoms with Crippen LogP contribution in [0.4, 0.5) is 0 Å². The number of aliphatic hydroxyl groups excluding tert-OH is 1. The Balaban J connectivity index is 2.44. The fourth-order valence-electron chi connectivity index (χ4n) is 1.03. The average Bonchev–Trinajstić information content (AvgIpc) is 2.61. The van der Waals surface area contributed by atoms with Gasteiger partial charge in [-0.05, 0) is 12.7 Å². The summed E-state index contributed by atoms with van der Waals surface area (Å²) in [5.74, 6) is 0.647. The second-order valence-electron chi connectivity index (χ2n) is 2.93. The molecule has 0 aliphatic rings. The fourth-order valence-corrected chi connectivity index (χ4v) is 1.37. The number of thioether (sulfide) groups is 1. The van der Waals surface area contributed by atoms with Gasteiger partial charge in [-0.2, -0.15) is 11.8 Å². The highest BCUT2D eigenvalue weighted by Crippen LogP contribution is 2.11. The molecule has 0 spiro atoms. The van der Waals surface area contributed by atoms with E-state index in [1.54, 1.807) is 6.33 Å². The summed E-state index contributed by atoms with van der Waals surface area (Å²) in [6.07, 6.45) is 4.84. The first-order chi connectivity index (χ1) is 6.27. The number of hydrogen-bond acceptors (Lipinski definition) is 4. The van der Waals surface area contributed by atoms with E-state index in [0.717, 1.165) is 13.0 Å². The first kappa shape index (κ1) is 10.5. The van der Waals surface area contributed by atoms with Crippen LogP contribution >= 0.6 is 11.8 Å². The molecular formula is C8H15N3OS. The number of rotatable bonds is 5. The Hall–Kier alpha value is -0.550. The summed E-state index contributed by atoms with van der Waals surface area (Å²) < 4.78 is 1.90. The molecule has 1 aromatic heterocycles. The molecule has 74 valence electrons. The minimum Gasteiger partial charge on any atom is -0.388 e. The second kappa shape index (κ2) is 5.24. The molecule has 1 N–H and O–H groups in total. The maximum absolute atomic E-state index is 8.90. The Bertz CT molecular complexity index is 251. The van der Waals surface area contributed by atoms with Gasteiger partial charge in [0.2, 0.25) is 0 Å². The molecule has 0 radical (unpaired) electrons. The van der Waals surface area contributed by atoms with Crippen molar-refractivity contribution in [2.75, 3.05) is 6.26 Å². The smallest absolute Gasteiger partial charge is 0.158 e. The van der Waals surface area contributed by atoms with Crippen molar-refractivity contribution in [2.24, 2.45) is 0 Å². The number of hydrogen-bond donors (Lipinski definition) is 1.